The lowest BCUT2D eigenvalue weighted by atomic mass is 9.49. The highest BCUT2D eigenvalue weighted by molar-refractivity contribution is 5.06. The van der Waals surface area contributed by atoms with Gasteiger partial charge in [-0.05, 0) is 123 Å². The van der Waals surface area contributed by atoms with Gasteiger partial charge in [-0.2, -0.15) is 0 Å². The zero-order chi connectivity index (χ0) is 20.8. The van der Waals surface area contributed by atoms with E-state index in [1.165, 1.54) is 64.2 Å². The minimum Gasteiger partial charge on any atom is -0.393 e. The van der Waals surface area contributed by atoms with E-state index in [0.29, 0.717) is 5.41 Å². The van der Waals surface area contributed by atoms with Gasteiger partial charge in [-0.3, -0.25) is 0 Å². The average molecular weight is 403 g/mol. The Labute approximate surface area is 181 Å². The monoisotopic (exact) mass is 402 g/mol. The fourth-order valence-electron chi connectivity index (χ4n) is 9.49. The van der Waals surface area contributed by atoms with E-state index in [1.807, 2.05) is 0 Å². The zero-order valence-corrected chi connectivity index (χ0v) is 20.2. The van der Waals surface area contributed by atoms with Gasteiger partial charge in [-0.1, -0.05) is 47.5 Å². The van der Waals surface area contributed by atoms with Crippen molar-refractivity contribution < 1.29 is 5.11 Å². The Hall–Kier alpha value is -0.0400. The molecule has 0 aromatic carbocycles. The van der Waals surface area contributed by atoms with Gasteiger partial charge in [0.05, 0.1) is 6.10 Å². The van der Waals surface area contributed by atoms with Crippen LogP contribution in [0.1, 0.15) is 112 Å². The predicted octanol–water partition coefficient (Wildman–Crippen LogP) is 7.71. The molecule has 168 valence electrons. The molecule has 0 amide bonds. The third-order valence-corrected chi connectivity index (χ3v) is 11.1. The van der Waals surface area contributed by atoms with Gasteiger partial charge in [0, 0.05) is 0 Å². The van der Waals surface area contributed by atoms with Gasteiger partial charge in [0.2, 0.25) is 0 Å². The lowest BCUT2D eigenvalue weighted by molar-refractivity contribution is -0.0823. The molecular weight excluding hydrogens is 352 g/mol. The third-order valence-electron chi connectivity index (χ3n) is 11.1. The molecule has 0 radical (unpaired) electrons. The number of rotatable bonds is 6. The summed E-state index contributed by atoms with van der Waals surface area (Å²) >= 11 is 0. The van der Waals surface area contributed by atoms with E-state index in [0.717, 1.165) is 66.1 Å². The minimum absolute atomic E-state index is 0.0103. The standard InChI is InChI=1S/C28H50O/c1-6-20(18(2)3)8-7-19(4)26-13-14-27-25-11-9-21-17-22(29)10-12-23(21)24(25)15-16-28(26,27)5/h18-27,29H,6-17H2,1-5H3/t19-,20-,21+,22+,23+,24-,25-,26-,27+,28-/m1/s1. The van der Waals surface area contributed by atoms with E-state index < -0.39 is 0 Å². The van der Waals surface area contributed by atoms with Gasteiger partial charge in [0.1, 0.15) is 0 Å². The maximum atomic E-state index is 10.2. The van der Waals surface area contributed by atoms with Crippen LogP contribution < -0.4 is 0 Å². The van der Waals surface area contributed by atoms with Crippen LogP contribution in [0.3, 0.4) is 0 Å². The van der Waals surface area contributed by atoms with E-state index in [4.69, 9.17) is 0 Å². The number of fused-ring (bicyclic) bond motifs is 5. The van der Waals surface area contributed by atoms with E-state index >= 15 is 0 Å². The molecular formula is C28H50O. The second-order valence-corrected chi connectivity index (χ2v) is 12.6. The second-order valence-electron chi connectivity index (χ2n) is 12.6. The van der Waals surface area contributed by atoms with Crippen LogP contribution in [-0.2, 0) is 0 Å². The third kappa shape index (κ3) is 4.08. The Morgan fingerprint density at radius 3 is 2.34 bits per heavy atom. The largest absolute Gasteiger partial charge is 0.393 e. The summed E-state index contributed by atoms with van der Waals surface area (Å²) in [5, 5.41) is 10.2. The molecule has 0 spiro atoms. The first-order chi connectivity index (χ1) is 13.8. The van der Waals surface area contributed by atoms with Crippen molar-refractivity contribution in [3.05, 3.63) is 0 Å². The van der Waals surface area contributed by atoms with Gasteiger partial charge in [0.15, 0.2) is 0 Å². The highest BCUT2D eigenvalue weighted by Gasteiger charge is 2.57. The first-order valence-electron chi connectivity index (χ1n) is 13.5. The summed E-state index contributed by atoms with van der Waals surface area (Å²) in [5.74, 6) is 8.49. The SMILES string of the molecule is CC[C@H](CC[C@@H](C)[C@H]1CC[C@H]2[C@@H]3CC[C@H]4C[C@@H](O)CC[C@@H]4[C@H]3CC[C@]12C)C(C)C. The summed E-state index contributed by atoms with van der Waals surface area (Å²) in [7, 11) is 0. The summed E-state index contributed by atoms with van der Waals surface area (Å²) in [4.78, 5) is 0. The lowest BCUT2D eigenvalue weighted by Crippen LogP contribution is -2.49. The molecule has 29 heavy (non-hydrogen) atoms. The zero-order valence-electron chi connectivity index (χ0n) is 20.2. The Morgan fingerprint density at radius 2 is 1.62 bits per heavy atom. The molecule has 10 atom stereocenters. The van der Waals surface area contributed by atoms with Crippen molar-refractivity contribution in [2.45, 2.75) is 118 Å². The van der Waals surface area contributed by atoms with Crippen LogP contribution >= 0.6 is 0 Å². The molecule has 0 aromatic rings. The quantitative estimate of drug-likeness (QED) is 0.482. The first kappa shape index (κ1) is 22.2. The molecule has 4 saturated carbocycles. The van der Waals surface area contributed by atoms with E-state index in [9.17, 15) is 5.11 Å². The highest BCUT2D eigenvalue weighted by Crippen LogP contribution is 2.65. The molecule has 4 fully saturated rings. The maximum Gasteiger partial charge on any atom is 0.0543 e. The van der Waals surface area contributed by atoms with Gasteiger partial charge in [-0.15, -0.1) is 0 Å². The molecule has 0 heterocycles. The Balaban J connectivity index is 1.41. The summed E-state index contributed by atoms with van der Waals surface area (Å²) in [6, 6.07) is 0. The predicted molar refractivity (Wildman–Crippen MR) is 124 cm³/mol. The summed E-state index contributed by atoms with van der Waals surface area (Å²) in [5.41, 5.74) is 0.626. The molecule has 0 saturated heterocycles. The van der Waals surface area contributed by atoms with Crippen molar-refractivity contribution in [3.63, 3.8) is 0 Å². The van der Waals surface area contributed by atoms with Gasteiger partial charge >= 0.3 is 0 Å². The smallest absolute Gasteiger partial charge is 0.0543 e. The number of hydrogen-bond donors (Lipinski definition) is 1. The first-order valence-corrected chi connectivity index (χ1v) is 13.5. The van der Waals surface area contributed by atoms with Crippen molar-refractivity contribution in [1.82, 2.24) is 0 Å². The molecule has 4 aliphatic carbocycles. The molecule has 1 heteroatoms. The van der Waals surface area contributed by atoms with E-state index in [1.54, 1.807) is 0 Å². The minimum atomic E-state index is 0.0103. The van der Waals surface area contributed by atoms with Crippen LogP contribution in [0.25, 0.3) is 0 Å². The topological polar surface area (TPSA) is 20.2 Å². The van der Waals surface area contributed by atoms with Gasteiger partial charge in [0.25, 0.3) is 0 Å². The maximum absolute atomic E-state index is 10.2. The molecule has 1 N–H and O–H groups in total. The van der Waals surface area contributed by atoms with Crippen LogP contribution in [-0.4, -0.2) is 11.2 Å². The van der Waals surface area contributed by atoms with Crippen molar-refractivity contribution in [1.29, 1.82) is 0 Å². The highest BCUT2D eigenvalue weighted by atomic mass is 16.3. The second kappa shape index (κ2) is 8.84. The fraction of sp³-hybridized carbons (Fsp3) is 1.00. The number of hydrogen-bond acceptors (Lipinski definition) is 1. The molecule has 1 nitrogen and oxygen atoms in total. The van der Waals surface area contributed by atoms with Crippen LogP contribution in [0.5, 0.6) is 0 Å². The Bertz CT molecular complexity index is 540. The van der Waals surface area contributed by atoms with Crippen LogP contribution in [0.4, 0.5) is 0 Å². The Kier molecular flexibility index (Phi) is 6.75. The van der Waals surface area contributed by atoms with Crippen molar-refractivity contribution in [2.75, 3.05) is 0 Å². The van der Waals surface area contributed by atoms with Gasteiger partial charge in [-0.25, -0.2) is 0 Å². The van der Waals surface area contributed by atoms with E-state index in [2.05, 4.69) is 34.6 Å². The normalized spacial score (nSPS) is 46.7. The van der Waals surface area contributed by atoms with Crippen LogP contribution in [0, 0.1) is 58.7 Å². The number of aliphatic hydroxyl groups is 1. The average Bonchev–Trinajstić information content (AvgIpc) is 3.05. The molecule has 0 unspecified atom stereocenters. The molecule has 0 bridgehead atoms. The lowest BCUT2D eigenvalue weighted by Gasteiger charge is -2.56. The summed E-state index contributed by atoms with van der Waals surface area (Å²) < 4.78 is 0. The van der Waals surface area contributed by atoms with Crippen molar-refractivity contribution >= 4 is 0 Å². The van der Waals surface area contributed by atoms with E-state index in [-0.39, 0.29) is 6.10 Å². The summed E-state index contributed by atoms with van der Waals surface area (Å²) in [6.45, 7) is 12.6. The molecule has 4 rings (SSSR count). The van der Waals surface area contributed by atoms with Crippen LogP contribution in [0.2, 0.25) is 0 Å². The Morgan fingerprint density at radius 1 is 0.862 bits per heavy atom. The number of aliphatic hydroxyl groups excluding tert-OH is 1. The fourth-order valence-corrected chi connectivity index (χ4v) is 9.49. The summed E-state index contributed by atoms with van der Waals surface area (Å²) in [6.07, 6.45) is 16.7. The molecule has 0 aromatic heterocycles. The molecule has 4 aliphatic rings. The van der Waals surface area contributed by atoms with Crippen molar-refractivity contribution in [3.8, 4) is 0 Å². The molecule has 0 aliphatic heterocycles. The van der Waals surface area contributed by atoms with Crippen molar-refractivity contribution in [2.24, 2.45) is 58.7 Å². The van der Waals surface area contributed by atoms with Gasteiger partial charge < -0.3 is 5.11 Å². The van der Waals surface area contributed by atoms with Crippen LogP contribution in [0.15, 0.2) is 0 Å².